The van der Waals surface area contributed by atoms with Gasteiger partial charge in [0.1, 0.15) is 11.6 Å². The molecule has 1 fully saturated rings. The van der Waals surface area contributed by atoms with Gasteiger partial charge in [-0.1, -0.05) is 0 Å². The molecule has 124 valence electrons. The highest BCUT2D eigenvalue weighted by Crippen LogP contribution is 2.35. The molecule has 1 N–H and O–H groups in total. The minimum Gasteiger partial charge on any atom is -0.378 e. The van der Waals surface area contributed by atoms with E-state index in [2.05, 4.69) is 10.2 Å². The molecule has 4 rings (SSSR count). The molecule has 0 bridgehead atoms. The first kappa shape index (κ1) is 15.1. The van der Waals surface area contributed by atoms with Crippen molar-refractivity contribution in [3.05, 3.63) is 53.1 Å². The van der Waals surface area contributed by atoms with E-state index in [1.165, 1.54) is 12.1 Å². The third-order valence-electron chi connectivity index (χ3n) is 4.49. The van der Waals surface area contributed by atoms with E-state index in [0.29, 0.717) is 30.9 Å². The SMILES string of the molecule is O=C1NCc2c1cc(-c1ccc(F)cc1F)cc2N1CCOCC1. The molecule has 1 amide bonds. The summed E-state index contributed by atoms with van der Waals surface area (Å²) in [4.78, 5) is 14.3. The van der Waals surface area contributed by atoms with Gasteiger partial charge in [-0.3, -0.25) is 4.79 Å². The maximum atomic E-state index is 14.2. The first-order valence-corrected chi connectivity index (χ1v) is 7.87. The van der Waals surface area contributed by atoms with Crippen LogP contribution in [0.15, 0.2) is 30.3 Å². The third-order valence-corrected chi connectivity index (χ3v) is 4.49. The molecule has 4 nitrogen and oxygen atoms in total. The molecule has 0 saturated carbocycles. The highest BCUT2D eigenvalue weighted by Gasteiger charge is 2.26. The predicted octanol–water partition coefficient (Wildman–Crippen LogP) is 2.71. The van der Waals surface area contributed by atoms with Crippen molar-refractivity contribution < 1.29 is 18.3 Å². The zero-order valence-corrected chi connectivity index (χ0v) is 12.9. The van der Waals surface area contributed by atoms with Crippen molar-refractivity contribution >= 4 is 11.6 Å². The van der Waals surface area contributed by atoms with Crippen LogP contribution in [0, 0.1) is 11.6 Å². The van der Waals surface area contributed by atoms with Gasteiger partial charge < -0.3 is 15.0 Å². The zero-order valence-electron chi connectivity index (χ0n) is 12.9. The number of carbonyl (C=O) groups is 1. The molecule has 0 unspecified atom stereocenters. The minimum atomic E-state index is -0.638. The van der Waals surface area contributed by atoms with E-state index < -0.39 is 11.6 Å². The van der Waals surface area contributed by atoms with Crippen molar-refractivity contribution in [3.63, 3.8) is 0 Å². The summed E-state index contributed by atoms with van der Waals surface area (Å²) in [6, 6.07) is 7.04. The molecular formula is C18H16F2N2O2. The van der Waals surface area contributed by atoms with Crippen LogP contribution in [0.1, 0.15) is 15.9 Å². The number of halogens is 2. The van der Waals surface area contributed by atoms with E-state index in [4.69, 9.17) is 4.74 Å². The first-order chi connectivity index (χ1) is 11.6. The molecule has 2 aliphatic heterocycles. The van der Waals surface area contributed by atoms with Crippen molar-refractivity contribution in [2.75, 3.05) is 31.2 Å². The number of fused-ring (bicyclic) bond motifs is 1. The van der Waals surface area contributed by atoms with Gasteiger partial charge in [-0.15, -0.1) is 0 Å². The van der Waals surface area contributed by atoms with Crippen LogP contribution in [0.5, 0.6) is 0 Å². The van der Waals surface area contributed by atoms with Gasteiger partial charge in [0.05, 0.1) is 13.2 Å². The highest BCUT2D eigenvalue weighted by molar-refractivity contribution is 6.01. The fourth-order valence-corrected chi connectivity index (χ4v) is 3.27. The fourth-order valence-electron chi connectivity index (χ4n) is 3.27. The topological polar surface area (TPSA) is 41.6 Å². The number of hydrogen-bond acceptors (Lipinski definition) is 3. The van der Waals surface area contributed by atoms with Gasteiger partial charge >= 0.3 is 0 Å². The Bertz CT molecular complexity index is 817. The van der Waals surface area contributed by atoms with E-state index in [-0.39, 0.29) is 11.5 Å². The Morgan fingerprint density at radius 2 is 1.83 bits per heavy atom. The van der Waals surface area contributed by atoms with E-state index in [1.807, 2.05) is 6.07 Å². The summed E-state index contributed by atoms with van der Waals surface area (Å²) < 4.78 is 32.8. The van der Waals surface area contributed by atoms with Crippen molar-refractivity contribution in [2.45, 2.75) is 6.54 Å². The van der Waals surface area contributed by atoms with Crippen LogP contribution in [-0.2, 0) is 11.3 Å². The quantitative estimate of drug-likeness (QED) is 0.921. The Morgan fingerprint density at radius 1 is 1.04 bits per heavy atom. The number of nitrogens with zero attached hydrogens (tertiary/aromatic N) is 1. The highest BCUT2D eigenvalue weighted by atomic mass is 19.1. The molecule has 0 spiro atoms. The van der Waals surface area contributed by atoms with Gasteiger partial charge in [-0.05, 0) is 29.8 Å². The minimum absolute atomic E-state index is 0.163. The van der Waals surface area contributed by atoms with Gasteiger partial charge in [0, 0.05) is 48.1 Å². The Balaban J connectivity index is 1.86. The summed E-state index contributed by atoms with van der Waals surface area (Å²) >= 11 is 0. The van der Waals surface area contributed by atoms with Gasteiger partial charge in [0.2, 0.25) is 0 Å². The monoisotopic (exact) mass is 330 g/mol. The maximum absolute atomic E-state index is 14.2. The number of hydrogen-bond donors (Lipinski definition) is 1. The molecule has 0 aliphatic carbocycles. The van der Waals surface area contributed by atoms with Crippen LogP contribution in [0.2, 0.25) is 0 Å². The van der Waals surface area contributed by atoms with Crippen molar-refractivity contribution in [3.8, 4) is 11.1 Å². The summed E-state index contributed by atoms with van der Waals surface area (Å²) in [5.74, 6) is -1.42. The van der Waals surface area contributed by atoms with E-state index in [0.717, 1.165) is 30.4 Å². The Kier molecular flexibility index (Phi) is 3.69. The molecule has 2 aromatic rings. The average molecular weight is 330 g/mol. The van der Waals surface area contributed by atoms with Gasteiger partial charge in [-0.2, -0.15) is 0 Å². The van der Waals surface area contributed by atoms with Crippen LogP contribution < -0.4 is 10.2 Å². The van der Waals surface area contributed by atoms with Crippen molar-refractivity contribution in [2.24, 2.45) is 0 Å². The molecule has 0 radical (unpaired) electrons. The lowest BCUT2D eigenvalue weighted by Gasteiger charge is -2.30. The zero-order chi connectivity index (χ0) is 16.7. The number of ether oxygens (including phenoxy) is 1. The average Bonchev–Trinajstić information content (AvgIpc) is 2.96. The summed E-state index contributed by atoms with van der Waals surface area (Å²) in [5.41, 5.74) is 3.25. The van der Waals surface area contributed by atoms with Crippen LogP contribution in [0.4, 0.5) is 14.5 Å². The smallest absolute Gasteiger partial charge is 0.251 e. The normalized spacial score (nSPS) is 16.9. The number of nitrogens with one attached hydrogen (secondary N) is 1. The summed E-state index contributed by atoms with van der Waals surface area (Å²) in [6.07, 6.45) is 0. The second-order valence-electron chi connectivity index (χ2n) is 5.93. The fraction of sp³-hybridized carbons (Fsp3) is 0.278. The first-order valence-electron chi connectivity index (χ1n) is 7.87. The molecule has 2 heterocycles. The van der Waals surface area contributed by atoms with Gasteiger partial charge in [0.15, 0.2) is 0 Å². The van der Waals surface area contributed by atoms with Crippen LogP contribution in [0.3, 0.4) is 0 Å². The van der Waals surface area contributed by atoms with Gasteiger partial charge in [0.25, 0.3) is 5.91 Å². The number of morpholine rings is 1. The van der Waals surface area contributed by atoms with E-state index in [1.54, 1.807) is 6.07 Å². The van der Waals surface area contributed by atoms with Crippen molar-refractivity contribution in [1.82, 2.24) is 5.32 Å². The Labute approximate surface area is 138 Å². The molecule has 1 saturated heterocycles. The number of amides is 1. The van der Waals surface area contributed by atoms with Gasteiger partial charge in [-0.25, -0.2) is 8.78 Å². The molecule has 0 atom stereocenters. The Hall–Kier alpha value is -2.47. The lowest BCUT2D eigenvalue weighted by atomic mass is 9.97. The molecule has 24 heavy (non-hydrogen) atoms. The lowest BCUT2D eigenvalue weighted by molar-refractivity contribution is 0.0965. The maximum Gasteiger partial charge on any atom is 0.251 e. The third kappa shape index (κ3) is 2.53. The molecular weight excluding hydrogens is 314 g/mol. The summed E-state index contributed by atoms with van der Waals surface area (Å²) in [5, 5.41) is 2.82. The van der Waals surface area contributed by atoms with Crippen molar-refractivity contribution in [1.29, 1.82) is 0 Å². The van der Waals surface area contributed by atoms with E-state index >= 15 is 0 Å². The molecule has 0 aromatic heterocycles. The van der Waals surface area contributed by atoms with Crippen LogP contribution >= 0.6 is 0 Å². The lowest BCUT2D eigenvalue weighted by Crippen LogP contribution is -2.36. The summed E-state index contributed by atoms with van der Waals surface area (Å²) in [6.45, 7) is 3.13. The van der Waals surface area contributed by atoms with E-state index in [9.17, 15) is 13.6 Å². The number of rotatable bonds is 2. The Morgan fingerprint density at radius 3 is 2.58 bits per heavy atom. The second-order valence-corrected chi connectivity index (χ2v) is 5.93. The number of carbonyl (C=O) groups excluding carboxylic acids is 1. The van der Waals surface area contributed by atoms with Crippen LogP contribution in [0.25, 0.3) is 11.1 Å². The molecule has 6 heteroatoms. The molecule has 2 aliphatic rings. The standard InChI is InChI=1S/C18H16F2N2O2/c19-12-1-2-13(16(20)9-12)11-7-14-15(10-21-18(14)23)17(8-11)22-3-5-24-6-4-22/h1-2,7-9H,3-6,10H2,(H,21,23). The predicted molar refractivity (Wildman–Crippen MR) is 86.0 cm³/mol. The number of benzene rings is 2. The second kappa shape index (κ2) is 5.87. The largest absolute Gasteiger partial charge is 0.378 e. The summed E-state index contributed by atoms with van der Waals surface area (Å²) in [7, 11) is 0. The van der Waals surface area contributed by atoms with Crippen LogP contribution in [-0.4, -0.2) is 32.2 Å². The molecule has 2 aromatic carbocycles. The number of anilines is 1.